The van der Waals surface area contributed by atoms with Crippen LogP contribution in [0, 0.1) is 11.6 Å². The first-order chi connectivity index (χ1) is 23.8. The zero-order chi connectivity index (χ0) is 34.1. The van der Waals surface area contributed by atoms with Gasteiger partial charge in [0.05, 0.1) is 23.0 Å². The van der Waals surface area contributed by atoms with Crippen molar-refractivity contribution in [3.63, 3.8) is 0 Å². The van der Waals surface area contributed by atoms with Gasteiger partial charge in [-0.3, -0.25) is 9.48 Å². The first-order valence-corrected chi connectivity index (χ1v) is 16.4. The van der Waals surface area contributed by atoms with Crippen LogP contribution in [0.3, 0.4) is 0 Å². The fourth-order valence-corrected chi connectivity index (χ4v) is 7.00. The molecular weight excluding hydrogens is 622 g/mol. The van der Waals surface area contributed by atoms with Gasteiger partial charge in [-0.1, -0.05) is 48.5 Å². The number of aromatic amines is 1. The van der Waals surface area contributed by atoms with E-state index in [0.717, 1.165) is 31.5 Å². The maximum absolute atomic E-state index is 14.1. The highest BCUT2D eigenvalue weighted by molar-refractivity contribution is 5.97. The van der Waals surface area contributed by atoms with E-state index in [9.17, 15) is 13.6 Å². The number of aromatic nitrogens is 5. The molecule has 0 saturated heterocycles. The Labute approximate surface area is 283 Å². The SMILES string of the molecule is CN(C)CCCN1c2ccccc2CCc2ccccc21.Cn1ncnc1[C@H]1c2n[nH]c(=O)c3cc(F)cc(c23)N[C@@H]1c1ccc(F)cc1. The Balaban J connectivity index is 0.000000161. The predicted octanol–water partition coefficient (Wildman–Crippen LogP) is 6.50. The van der Waals surface area contributed by atoms with E-state index < -0.39 is 23.3 Å². The van der Waals surface area contributed by atoms with Crippen molar-refractivity contribution in [2.45, 2.75) is 31.2 Å². The summed E-state index contributed by atoms with van der Waals surface area (Å²) in [6, 6.07) is 25.9. The minimum absolute atomic E-state index is 0.206. The van der Waals surface area contributed by atoms with Gasteiger partial charge >= 0.3 is 0 Å². The molecule has 49 heavy (non-hydrogen) atoms. The standard InChI is InChI=1S/C19H14F2N6O.C19H24N2/c1-27-18(22-8-23-27)15-16(9-2-4-10(20)5-3-9)24-13-7-11(21)6-12-14(13)17(15)25-26-19(12)28;1-20(2)14-7-15-21-18-10-5-3-8-16(18)12-13-17-9-4-6-11-19(17)21/h2-8,15-16,24H,1H3,(H,26,28);3-6,8-11H,7,12-15H2,1-2H3/t15-,16-;/m1./s1. The molecule has 0 radical (unpaired) electrons. The molecule has 11 heteroatoms. The molecular formula is C38H38F2N8O. The third-order valence-electron chi connectivity index (χ3n) is 9.29. The Morgan fingerprint density at radius 3 is 2.20 bits per heavy atom. The summed E-state index contributed by atoms with van der Waals surface area (Å²) in [5.41, 5.74) is 7.02. The summed E-state index contributed by atoms with van der Waals surface area (Å²) >= 11 is 0. The molecule has 0 amide bonds. The summed E-state index contributed by atoms with van der Waals surface area (Å²) in [5, 5.41) is 14.9. The number of rotatable bonds is 6. The summed E-state index contributed by atoms with van der Waals surface area (Å²) in [6.45, 7) is 2.20. The molecule has 0 spiro atoms. The van der Waals surface area contributed by atoms with E-state index in [4.69, 9.17) is 0 Å². The lowest BCUT2D eigenvalue weighted by molar-refractivity contribution is 0.402. The average Bonchev–Trinajstić information content (AvgIpc) is 3.45. The van der Waals surface area contributed by atoms with E-state index in [1.54, 1.807) is 23.9 Å². The van der Waals surface area contributed by atoms with Crippen molar-refractivity contribution in [1.82, 2.24) is 29.9 Å². The molecule has 2 aliphatic heterocycles. The van der Waals surface area contributed by atoms with Crippen LogP contribution in [0.25, 0.3) is 10.8 Å². The Kier molecular flexibility index (Phi) is 8.92. The predicted molar refractivity (Wildman–Crippen MR) is 188 cm³/mol. The summed E-state index contributed by atoms with van der Waals surface area (Å²) < 4.78 is 29.2. The van der Waals surface area contributed by atoms with Crippen molar-refractivity contribution < 1.29 is 8.78 Å². The van der Waals surface area contributed by atoms with Crippen molar-refractivity contribution in [2.24, 2.45) is 7.05 Å². The average molecular weight is 661 g/mol. The van der Waals surface area contributed by atoms with Crippen molar-refractivity contribution in [3.05, 3.63) is 141 Å². The molecule has 0 aliphatic carbocycles. The summed E-state index contributed by atoms with van der Waals surface area (Å²) in [4.78, 5) is 21.4. The number of nitrogens with one attached hydrogen (secondary N) is 2. The van der Waals surface area contributed by atoms with Gasteiger partial charge in [-0.25, -0.2) is 18.9 Å². The molecule has 0 saturated carbocycles. The zero-order valence-corrected chi connectivity index (χ0v) is 27.7. The van der Waals surface area contributed by atoms with E-state index in [1.807, 2.05) is 0 Å². The maximum Gasteiger partial charge on any atom is 0.272 e. The number of hydrogen-bond acceptors (Lipinski definition) is 7. The van der Waals surface area contributed by atoms with Crippen molar-refractivity contribution in [3.8, 4) is 0 Å². The monoisotopic (exact) mass is 660 g/mol. The molecule has 2 atom stereocenters. The van der Waals surface area contributed by atoms with Gasteiger partial charge in [0.2, 0.25) is 0 Å². The van der Waals surface area contributed by atoms with Gasteiger partial charge in [0, 0.05) is 36.0 Å². The largest absolute Gasteiger partial charge is 0.376 e. The minimum atomic E-state index is -0.535. The molecule has 2 aliphatic rings. The third kappa shape index (κ3) is 6.41. The lowest BCUT2D eigenvalue weighted by atomic mass is 9.83. The highest BCUT2D eigenvalue weighted by atomic mass is 19.1. The van der Waals surface area contributed by atoms with Crippen LogP contribution in [0.2, 0.25) is 0 Å². The maximum atomic E-state index is 14.1. The number of anilines is 3. The summed E-state index contributed by atoms with van der Waals surface area (Å²) in [6.07, 6.45) is 4.88. The number of nitrogens with zero attached hydrogens (tertiary/aromatic N) is 6. The molecule has 2 aromatic heterocycles. The van der Waals surface area contributed by atoms with Crippen LogP contribution < -0.4 is 15.8 Å². The van der Waals surface area contributed by atoms with E-state index in [1.165, 1.54) is 59.5 Å². The van der Waals surface area contributed by atoms with Crippen LogP contribution in [0.4, 0.5) is 25.8 Å². The van der Waals surface area contributed by atoms with Crippen LogP contribution in [0.1, 0.15) is 46.6 Å². The van der Waals surface area contributed by atoms with E-state index in [2.05, 4.69) is 98.0 Å². The van der Waals surface area contributed by atoms with E-state index in [-0.39, 0.29) is 11.2 Å². The highest BCUT2D eigenvalue weighted by Gasteiger charge is 2.37. The number of benzene rings is 4. The highest BCUT2D eigenvalue weighted by Crippen LogP contribution is 2.46. The van der Waals surface area contributed by atoms with Crippen LogP contribution in [0.5, 0.6) is 0 Å². The van der Waals surface area contributed by atoms with Gasteiger partial charge < -0.3 is 15.1 Å². The number of hydrogen-bond donors (Lipinski definition) is 2. The molecule has 0 fully saturated rings. The van der Waals surface area contributed by atoms with E-state index >= 15 is 0 Å². The van der Waals surface area contributed by atoms with E-state index in [0.29, 0.717) is 22.6 Å². The fraction of sp³-hybridized carbons (Fsp3) is 0.263. The Morgan fingerprint density at radius 1 is 0.898 bits per heavy atom. The van der Waals surface area contributed by atoms with Gasteiger partial charge in [-0.05, 0) is 93.0 Å². The van der Waals surface area contributed by atoms with Crippen molar-refractivity contribution in [1.29, 1.82) is 0 Å². The Morgan fingerprint density at radius 2 is 1.57 bits per heavy atom. The van der Waals surface area contributed by atoms with Crippen molar-refractivity contribution >= 4 is 27.8 Å². The van der Waals surface area contributed by atoms with Crippen LogP contribution in [0.15, 0.2) is 96.1 Å². The Bertz CT molecular complexity index is 2110. The normalized spacial score (nSPS) is 16.3. The molecule has 4 aromatic carbocycles. The first kappa shape index (κ1) is 32.1. The lowest BCUT2D eigenvalue weighted by Gasteiger charge is -2.33. The molecule has 250 valence electrons. The molecule has 4 heterocycles. The van der Waals surface area contributed by atoms with Crippen LogP contribution >= 0.6 is 0 Å². The number of aryl methyl sites for hydroxylation is 3. The molecule has 6 aromatic rings. The summed E-state index contributed by atoms with van der Waals surface area (Å²) in [7, 11) is 6.04. The van der Waals surface area contributed by atoms with Crippen LogP contribution in [-0.2, 0) is 19.9 Å². The van der Waals surface area contributed by atoms with Gasteiger partial charge in [0.15, 0.2) is 0 Å². The lowest BCUT2D eigenvalue weighted by Crippen LogP contribution is -2.30. The second kappa shape index (κ2) is 13.6. The number of H-pyrrole nitrogens is 1. The number of fused-ring (bicyclic) bond motifs is 2. The molecule has 0 bridgehead atoms. The van der Waals surface area contributed by atoms with Gasteiger partial charge in [0.25, 0.3) is 5.56 Å². The molecule has 2 N–H and O–H groups in total. The van der Waals surface area contributed by atoms with Gasteiger partial charge in [-0.2, -0.15) is 10.2 Å². The Hall–Kier alpha value is -5.42. The fourth-order valence-electron chi connectivity index (χ4n) is 7.00. The van der Waals surface area contributed by atoms with Gasteiger partial charge in [0.1, 0.15) is 23.8 Å². The van der Waals surface area contributed by atoms with Crippen molar-refractivity contribution in [2.75, 3.05) is 37.4 Å². The second-order valence-electron chi connectivity index (χ2n) is 12.8. The van der Waals surface area contributed by atoms with Crippen LogP contribution in [-0.4, -0.2) is 57.0 Å². The number of halogens is 2. The molecule has 9 nitrogen and oxygen atoms in total. The smallest absolute Gasteiger partial charge is 0.272 e. The number of para-hydroxylation sites is 2. The third-order valence-corrected chi connectivity index (χ3v) is 9.29. The zero-order valence-electron chi connectivity index (χ0n) is 27.7. The topological polar surface area (TPSA) is 95.0 Å². The molecule has 0 unspecified atom stereocenters. The first-order valence-electron chi connectivity index (χ1n) is 16.4. The molecule has 8 rings (SSSR count). The quantitative estimate of drug-likeness (QED) is 0.211. The minimum Gasteiger partial charge on any atom is -0.376 e. The summed E-state index contributed by atoms with van der Waals surface area (Å²) in [5.74, 6) is -0.716. The second-order valence-corrected chi connectivity index (χ2v) is 12.8. The van der Waals surface area contributed by atoms with Gasteiger partial charge in [-0.15, -0.1) is 0 Å².